The van der Waals surface area contributed by atoms with Crippen molar-refractivity contribution in [1.29, 1.82) is 0 Å². The summed E-state index contributed by atoms with van der Waals surface area (Å²) in [6.07, 6.45) is 0. The molecule has 0 amide bonds. The van der Waals surface area contributed by atoms with Gasteiger partial charge in [-0.15, -0.1) is 11.3 Å². The van der Waals surface area contributed by atoms with Crippen molar-refractivity contribution in [3.63, 3.8) is 0 Å². The van der Waals surface area contributed by atoms with E-state index >= 15 is 0 Å². The Hall–Kier alpha value is 0.0600. The van der Waals surface area contributed by atoms with Crippen LogP contribution in [0.4, 0.5) is 0 Å². The summed E-state index contributed by atoms with van der Waals surface area (Å²) in [5.74, 6) is 0. The first-order chi connectivity index (χ1) is 8.52. The van der Waals surface area contributed by atoms with Gasteiger partial charge in [0, 0.05) is 36.6 Å². The van der Waals surface area contributed by atoms with Crippen LogP contribution in [-0.4, -0.2) is 48.6 Å². The molecule has 1 aliphatic heterocycles. The first kappa shape index (κ1) is 14.5. The molecule has 3 unspecified atom stereocenters. The van der Waals surface area contributed by atoms with Crippen LogP contribution < -0.4 is 5.73 Å². The molecule has 2 heterocycles. The molecule has 1 aromatic rings. The van der Waals surface area contributed by atoms with Gasteiger partial charge >= 0.3 is 0 Å². The Kier molecular flexibility index (Phi) is 4.83. The lowest BCUT2D eigenvalue weighted by atomic mass is 10.1. The average molecular weight is 332 g/mol. The number of hydrogen-bond donors (Lipinski definition) is 1. The molecule has 18 heavy (non-hydrogen) atoms. The molecule has 0 aliphatic carbocycles. The minimum atomic E-state index is 0.361. The van der Waals surface area contributed by atoms with Crippen LogP contribution in [-0.2, 0) is 0 Å². The van der Waals surface area contributed by atoms with E-state index in [1.807, 2.05) is 0 Å². The molecule has 0 aromatic carbocycles. The predicted octanol–water partition coefficient (Wildman–Crippen LogP) is 2.53. The van der Waals surface area contributed by atoms with Crippen LogP contribution in [0.3, 0.4) is 0 Å². The van der Waals surface area contributed by atoms with Gasteiger partial charge in [-0.25, -0.2) is 0 Å². The Labute approximate surface area is 122 Å². The van der Waals surface area contributed by atoms with E-state index in [-0.39, 0.29) is 0 Å². The topological polar surface area (TPSA) is 32.5 Å². The van der Waals surface area contributed by atoms with Crippen molar-refractivity contribution in [2.45, 2.75) is 32.0 Å². The lowest BCUT2D eigenvalue weighted by Crippen LogP contribution is -2.56. The van der Waals surface area contributed by atoms with Crippen molar-refractivity contribution in [1.82, 2.24) is 9.80 Å². The van der Waals surface area contributed by atoms with Gasteiger partial charge in [-0.05, 0) is 49.0 Å². The first-order valence-electron chi connectivity index (χ1n) is 6.44. The van der Waals surface area contributed by atoms with Crippen LogP contribution >= 0.6 is 27.3 Å². The standard InChI is InChI=1S/C13H22BrN3S/c1-9-7-17(8-10(2)16(9)3)11(6-15)12-4-5-13(14)18-12/h4-5,9-11H,6-8,15H2,1-3H3. The minimum Gasteiger partial charge on any atom is -0.329 e. The number of rotatable bonds is 3. The van der Waals surface area contributed by atoms with Crippen LogP contribution in [0.5, 0.6) is 0 Å². The monoisotopic (exact) mass is 331 g/mol. The Morgan fingerprint density at radius 2 is 2.00 bits per heavy atom. The molecule has 0 saturated carbocycles. The molecule has 2 rings (SSSR count). The molecule has 102 valence electrons. The summed E-state index contributed by atoms with van der Waals surface area (Å²) in [7, 11) is 2.21. The van der Waals surface area contributed by atoms with Crippen molar-refractivity contribution in [3.8, 4) is 0 Å². The summed E-state index contributed by atoms with van der Waals surface area (Å²) in [5, 5.41) is 0. The first-order valence-corrected chi connectivity index (χ1v) is 8.05. The van der Waals surface area contributed by atoms with E-state index < -0.39 is 0 Å². The third kappa shape index (κ3) is 2.96. The van der Waals surface area contributed by atoms with Gasteiger partial charge in [0.05, 0.1) is 9.83 Å². The number of halogens is 1. The highest BCUT2D eigenvalue weighted by atomic mass is 79.9. The Morgan fingerprint density at radius 1 is 1.39 bits per heavy atom. The molecule has 1 fully saturated rings. The quantitative estimate of drug-likeness (QED) is 0.923. The minimum absolute atomic E-state index is 0.361. The summed E-state index contributed by atoms with van der Waals surface area (Å²) in [5.41, 5.74) is 6.01. The van der Waals surface area contributed by atoms with Crippen LogP contribution in [0.15, 0.2) is 15.9 Å². The molecular formula is C13H22BrN3S. The second kappa shape index (κ2) is 6.01. The SMILES string of the molecule is CC1CN(C(CN)c2ccc(Br)s2)CC(C)N1C. The van der Waals surface area contributed by atoms with Crippen LogP contribution in [0.25, 0.3) is 0 Å². The van der Waals surface area contributed by atoms with Gasteiger partial charge in [0.25, 0.3) is 0 Å². The smallest absolute Gasteiger partial charge is 0.0702 e. The molecule has 5 heteroatoms. The van der Waals surface area contributed by atoms with E-state index in [4.69, 9.17) is 5.73 Å². The van der Waals surface area contributed by atoms with E-state index in [0.29, 0.717) is 24.7 Å². The molecule has 1 aliphatic rings. The Bertz CT molecular complexity index is 383. The fourth-order valence-electron chi connectivity index (χ4n) is 2.65. The Morgan fingerprint density at radius 3 is 2.44 bits per heavy atom. The second-order valence-corrected chi connectivity index (χ2v) is 7.71. The number of nitrogens with zero attached hydrogens (tertiary/aromatic N) is 2. The van der Waals surface area contributed by atoms with Gasteiger partial charge < -0.3 is 5.73 Å². The second-order valence-electron chi connectivity index (χ2n) is 5.21. The fraction of sp³-hybridized carbons (Fsp3) is 0.692. The van der Waals surface area contributed by atoms with Gasteiger partial charge in [0.1, 0.15) is 0 Å². The van der Waals surface area contributed by atoms with Crippen molar-refractivity contribution in [2.24, 2.45) is 5.73 Å². The summed E-state index contributed by atoms with van der Waals surface area (Å²) in [6, 6.07) is 5.85. The summed E-state index contributed by atoms with van der Waals surface area (Å²) >= 11 is 5.34. The van der Waals surface area contributed by atoms with Crippen molar-refractivity contribution in [2.75, 3.05) is 26.7 Å². The number of likely N-dealkylation sites (N-methyl/N-ethyl adjacent to an activating group) is 1. The van der Waals surface area contributed by atoms with Crippen LogP contribution in [0.2, 0.25) is 0 Å². The number of thiophene rings is 1. The van der Waals surface area contributed by atoms with Gasteiger partial charge in [0.15, 0.2) is 0 Å². The van der Waals surface area contributed by atoms with E-state index in [9.17, 15) is 0 Å². The number of nitrogens with two attached hydrogens (primary N) is 1. The third-order valence-electron chi connectivity index (χ3n) is 3.97. The summed E-state index contributed by atoms with van der Waals surface area (Å²) in [4.78, 5) is 6.36. The van der Waals surface area contributed by atoms with Crippen LogP contribution in [0, 0.1) is 0 Å². The van der Waals surface area contributed by atoms with Gasteiger partial charge in [-0.3, -0.25) is 9.80 Å². The molecule has 1 saturated heterocycles. The molecule has 3 nitrogen and oxygen atoms in total. The summed E-state index contributed by atoms with van der Waals surface area (Å²) in [6.45, 7) is 7.47. The molecule has 1 aromatic heterocycles. The van der Waals surface area contributed by atoms with Gasteiger partial charge in [-0.1, -0.05) is 0 Å². The van der Waals surface area contributed by atoms with Gasteiger partial charge in [0.2, 0.25) is 0 Å². The molecule has 0 spiro atoms. The largest absolute Gasteiger partial charge is 0.329 e. The van der Waals surface area contributed by atoms with Gasteiger partial charge in [-0.2, -0.15) is 0 Å². The lowest BCUT2D eigenvalue weighted by molar-refractivity contribution is 0.0360. The highest BCUT2D eigenvalue weighted by molar-refractivity contribution is 9.11. The third-order valence-corrected chi connectivity index (χ3v) is 5.70. The maximum Gasteiger partial charge on any atom is 0.0702 e. The lowest BCUT2D eigenvalue weighted by Gasteiger charge is -2.45. The number of hydrogen-bond acceptors (Lipinski definition) is 4. The highest BCUT2D eigenvalue weighted by Crippen LogP contribution is 2.32. The van der Waals surface area contributed by atoms with E-state index in [1.165, 1.54) is 8.66 Å². The zero-order valence-electron chi connectivity index (χ0n) is 11.3. The molecule has 3 atom stereocenters. The van der Waals surface area contributed by atoms with Crippen molar-refractivity contribution in [3.05, 3.63) is 20.8 Å². The van der Waals surface area contributed by atoms with Crippen molar-refractivity contribution >= 4 is 27.3 Å². The molecule has 2 N–H and O–H groups in total. The maximum absolute atomic E-state index is 6.01. The molecule has 0 bridgehead atoms. The number of piperazine rings is 1. The summed E-state index contributed by atoms with van der Waals surface area (Å²) < 4.78 is 1.19. The van der Waals surface area contributed by atoms with Crippen LogP contribution in [0.1, 0.15) is 24.8 Å². The normalized spacial score (nSPS) is 28.5. The van der Waals surface area contributed by atoms with Crippen molar-refractivity contribution < 1.29 is 0 Å². The highest BCUT2D eigenvalue weighted by Gasteiger charge is 2.31. The molecular weight excluding hydrogens is 310 g/mol. The fourth-order valence-corrected chi connectivity index (χ4v) is 4.22. The van der Waals surface area contributed by atoms with E-state index in [0.717, 1.165) is 13.1 Å². The van der Waals surface area contributed by atoms with E-state index in [2.05, 4.69) is 58.8 Å². The average Bonchev–Trinajstić information content (AvgIpc) is 2.73. The maximum atomic E-state index is 6.01. The molecule has 0 radical (unpaired) electrons. The zero-order chi connectivity index (χ0) is 13.3. The predicted molar refractivity (Wildman–Crippen MR) is 82.1 cm³/mol. The van der Waals surface area contributed by atoms with E-state index in [1.54, 1.807) is 11.3 Å². The Balaban J connectivity index is 2.13. The zero-order valence-corrected chi connectivity index (χ0v) is 13.7.